The van der Waals surface area contributed by atoms with Gasteiger partial charge in [-0.2, -0.15) is 0 Å². The fourth-order valence-electron chi connectivity index (χ4n) is 4.96. The largest absolute Gasteiger partial charge is 0.315 e. The maximum absolute atomic E-state index is 4.31. The van der Waals surface area contributed by atoms with E-state index in [1.807, 2.05) is 18.5 Å². The SMILES string of the molecule is CC1(C)c2ccccc2-c2c1cc1cccc3c1c2C=CN3c1cccnc1. The molecule has 2 heteroatoms. The Balaban J connectivity index is 1.71. The summed E-state index contributed by atoms with van der Waals surface area (Å²) in [6.45, 7) is 4.68. The Bertz CT molecular complexity index is 1280. The first-order valence-electron chi connectivity index (χ1n) is 9.74. The predicted molar refractivity (Wildman–Crippen MR) is 117 cm³/mol. The van der Waals surface area contributed by atoms with Crippen molar-refractivity contribution in [3.63, 3.8) is 0 Å². The van der Waals surface area contributed by atoms with E-state index in [1.54, 1.807) is 0 Å². The molecule has 0 fully saturated rings. The predicted octanol–water partition coefficient (Wildman–Crippen LogP) is 6.66. The van der Waals surface area contributed by atoms with Gasteiger partial charge in [0.15, 0.2) is 0 Å². The maximum Gasteiger partial charge on any atom is 0.0639 e. The monoisotopic (exact) mass is 360 g/mol. The molecule has 0 unspecified atom stereocenters. The average Bonchev–Trinajstić information content (AvgIpc) is 2.97. The van der Waals surface area contributed by atoms with E-state index in [-0.39, 0.29) is 5.41 Å². The van der Waals surface area contributed by atoms with Gasteiger partial charge >= 0.3 is 0 Å². The van der Waals surface area contributed by atoms with Crippen LogP contribution in [-0.4, -0.2) is 4.98 Å². The second-order valence-electron chi connectivity index (χ2n) is 8.16. The van der Waals surface area contributed by atoms with Crippen molar-refractivity contribution in [2.45, 2.75) is 19.3 Å². The van der Waals surface area contributed by atoms with Gasteiger partial charge in [-0.3, -0.25) is 4.98 Å². The van der Waals surface area contributed by atoms with Gasteiger partial charge in [0.2, 0.25) is 0 Å². The van der Waals surface area contributed by atoms with Gasteiger partial charge in [0.05, 0.1) is 17.6 Å². The van der Waals surface area contributed by atoms with E-state index in [2.05, 4.69) is 90.6 Å². The summed E-state index contributed by atoms with van der Waals surface area (Å²) in [6, 6.07) is 22.0. The van der Waals surface area contributed by atoms with Gasteiger partial charge in [-0.25, -0.2) is 0 Å². The van der Waals surface area contributed by atoms with Crippen LogP contribution >= 0.6 is 0 Å². The lowest BCUT2D eigenvalue weighted by Crippen LogP contribution is -2.16. The third kappa shape index (κ3) is 1.90. The van der Waals surface area contributed by atoms with Crippen LogP contribution in [0.15, 0.2) is 79.3 Å². The van der Waals surface area contributed by atoms with Crippen LogP contribution in [0.2, 0.25) is 0 Å². The zero-order valence-electron chi connectivity index (χ0n) is 16.0. The third-order valence-corrected chi connectivity index (χ3v) is 6.30. The number of nitrogens with zero attached hydrogens (tertiary/aromatic N) is 2. The summed E-state index contributed by atoms with van der Waals surface area (Å²) in [5, 5.41) is 2.62. The number of aromatic nitrogens is 1. The van der Waals surface area contributed by atoms with Gasteiger partial charge in [-0.15, -0.1) is 0 Å². The molecule has 0 saturated heterocycles. The second kappa shape index (κ2) is 5.32. The summed E-state index contributed by atoms with van der Waals surface area (Å²) >= 11 is 0. The van der Waals surface area contributed by atoms with Crippen LogP contribution < -0.4 is 4.90 Å². The second-order valence-corrected chi connectivity index (χ2v) is 8.16. The van der Waals surface area contributed by atoms with E-state index in [0.29, 0.717) is 0 Å². The molecule has 0 amide bonds. The van der Waals surface area contributed by atoms with E-state index in [9.17, 15) is 0 Å². The molecule has 4 aromatic rings. The van der Waals surface area contributed by atoms with Gasteiger partial charge in [-0.05, 0) is 63.5 Å². The molecule has 1 aliphatic heterocycles. The summed E-state index contributed by atoms with van der Waals surface area (Å²) in [7, 11) is 0. The minimum atomic E-state index is 0.0148. The number of fused-ring (bicyclic) bond motifs is 4. The van der Waals surface area contributed by atoms with E-state index in [4.69, 9.17) is 0 Å². The molecule has 0 N–H and O–H groups in total. The maximum atomic E-state index is 4.31. The first kappa shape index (κ1) is 15.6. The quantitative estimate of drug-likeness (QED) is 0.377. The van der Waals surface area contributed by atoms with E-state index in [0.717, 1.165) is 5.69 Å². The molecular weight excluding hydrogens is 340 g/mol. The Labute approximate surface area is 164 Å². The molecule has 0 saturated carbocycles. The van der Waals surface area contributed by atoms with Gasteiger partial charge in [0.1, 0.15) is 0 Å². The Morgan fingerprint density at radius 3 is 2.64 bits per heavy atom. The van der Waals surface area contributed by atoms with E-state index >= 15 is 0 Å². The number of anilines is 2. The molecule has 134 valence electrons. The molecule has 0 atom stereocenters. The van der Waals surface area contributed by atoms with Crippen LogP contribution in [0.25, 0.3) is 28.0 Å². The summed E-state index contributed by atoms with van der Waals surface area (Å²) in [5.74, 6) is 0. The van der Waals surface area contributed by atoms with Crippen molar-refractivity contribution < 1.29 is 0 Å². The lowest BCUT2D eigenvalue weighted by molar-refractivity contribution is 0.661. The van der Waals surface area contributed by atoms with Gasteiger partial charge in [-0.1, -0.05) is 50.2 Å². The first-order valence-corrected chi connectivity index (χ1v) is 9.74. The standard InChI is InChI=1S/C26H20N2/c1-26(2)21-10-4-3-9-19(21)25-20-12-14-28(18-8-6-13-27-16-18)23-11-5-7-17(24(20)23)15-22(25)26/h3-16H,1-2H3. The molecular formula is C26H20N2. The van der Waals surface area contributed by atoms with Crippen molar-refractivity contribution in [3.8, 4) is 11.1 Å². The van der Waals surface area contributed by atoms with Crippen molar-refractivity contribution in [3.05, 3.63) is 95.9 Å². The minimum Gasteiger partial charge on any atom is -0.315 e. The lowest BCUT2D eigenvalue weighted by Gasteiger charge is -2.28. The number of hydrogen-bond acceptors (Lipinski definition) is 2. The van der Waals surface area contributed by atoms with Gasteiger partial charge < -0.3 is 4.90 Å². The van der Waals surface area contributed by atoms with Crippen molar-refractivity contribution in [1.82, 2.24) is 4.98 Å². The molecule has 0 bridgehead atoms. The molecule has 2 aliphatic rings. The van der Waals surface area contributed by atoms with Crippen molar-refractivity contribution in [2.75, 3.05) is 4.90 Å². The van der Waals surface area contributed by atoms with Crippen LogP contribution in [0.5, 0.6) is 0 Å². The van der Waals surface area contributed by atoms with E-state index in [1.165, 1.54) is 44.3 Å². The van der Waals surface area contributed by atoms with Gasteiger partial charge in [0, 0.05) is 23.2 Å². The zero-order chi connectivity index (χ0) is 18.9. The number of benzene rings is 3. The highest BCUT2D eigenvalue weighted by atomic mass is 15.1. The Morgan fingerprint density at radius 1 is 0.893 bits per heavy atom. The van der Waals surface area contributed by atoms with Crippen LogP contribution in [0, 0.1) is 0 Å². The molecule has 3 aromatic carbocycles. The highest BCUT2D eigenvalue weighted by Gasteiger charge is 2.37. The van der Waals surface area contributed by atoms with E-state index < -0.39 is 0 Å². The van der Waals surface area contributed by atoms with Crippen LogP contribution in [-0.2, 0) is 5.41 Å². The molecule has 28 heavy (non-hydrogen) atoms. The molecule has 1 aliphatic carbocycles. The Hall–Kier alpha value is -3.39. The molecule has 0 radical (unpaired) electrons. The van der Waals surface area contributed by atoms with Crippen molar-refractivity contribution in [2.24, 2.45) is 0 Å². The highest BCUT2D eigenvalue weighted by Crippen LogP contribution is 2.54. The number of rotatable bonds is 1. The average molecular weight is 360 g/mol. The van der Waals surface area contributed by atoms with Gasteiger partial charge in [0.25, 0.3) is 0 Å². The van der Waals surface area contributed by atoms with Crippen LogP contribution in [0.4, 0.5) is 11.4 Å². The summed E-state index contributed by atoms with van der Waals surface area (Å²) < 4.78 is 0. The van der Waals surface area contributed by atoms with Crippen LogP contribution in [0.3, 0.4) is 0 Å². The van der Waals surface area contributed by atoms with Crippen molar-refractivity contribution >= 4 is 28.2 Å². The molecule has 0 spiro atoms. The summed E-state index contributed by atoms with van der Waals surface area (Å²) in [5.41, 5.74) is 9.25. The van der Waals surface area contributed by atoms with Crippen LogP contribution in [0.1, 0.15) is 30.5 Å². The lowest BCUT2D eigenvalue weighted by atomic mass is 9.81. The molecule has 2 nitrogen and oxygen atoms in total. The number of pyridine rings is 1. The summed E-state index contributed by atoms with van der Waals surface area (Å²) in [4.78, 5) is 6.55. The fraction of sp³-hybridized carbons (Fsp3) is 0.115. The Morgan fingerprint density at radius 2 is 1.79 bits per heavy atom. The minimum absolute atomic E-state index is 0.0148. The number of hydrogen-bond donors (Lipinski definition) is 0. The fourth-order valence-corrected chi connectivity index (χ4v) is 4.96. The topological polar surface area (TPSA) is 16.1 Å². The molecule has 2 heterocycles. The normalized spacial score (nSPS) is 15.6. The smallest absolute Gasteiger partial charge is 0.0639 e. The summed E-state index contributed by atoms with van der Waals surface area (Å²) in [6.07, 6.45) is 8.19. The first-order chi connectivity index (χ1) is 13.7. The molecule has 1 aromatic heterocycles. The third-order valence-electron chi connectivity index (χ3n) is 6.30. The van der Waals surface area contributed by atoms with Crippen molar-refractivity contribution in [1.29, 1.82) is 0 Å². The Kier molecular flexibility index (Phi) is 2.98. The molecule has 6 rings (SSSR count). The zero-order valence-corrected chi connectivity index (χ0v) is 16.0. The highest BCUT2D eigenvalue weighted by molar-refractivity contribution is 6.10.